The maximum atomic E-state index is 15.0. The minimum atomic E-state index is -1.35. The van der Waals surface area contributed by atoms with E-state index in [0.717, 1.165) is 11.0 Å². The van der Waals surface area contributed by atoms with E-state index in [2.05, 4.69) is 5.32 Å². The third-order valence-corrected chi connectivity index (χ3v) is 3.57. The smallest absolute Gasteiger partial charge is 0.150 e. The van der Waals surface area contributed by atoms with Crippen LogP contribution in [0.4, 0.5) is 4.39 Å². The second-order valence-electron chi connectivity index (χ2n) is 4.40. The summed E-state index contributed by atoms with van der Waals surface area (Å²) in [5.74, 6) is 0. The second kappa shape index (κ2) is 4.49. The van der Waals surface area contributed by atoms with Crippen molar-refractivity contribution in [3.05, 3.63) is 36.1 Å². The number of fused-ring (bicyclic) bond motifs is 1. The van der Waals surface area contributed by atoms with Crippen molar-refractivity contribution in [2.24, 2.45) is 0 Å². The van der Waals surface area contributed by atoms with Crippen molar-refractivity contribution < 1.29 is 8.81 Å². The van der Waals surface area contributed by atoms with Crippen LogP contribution < -0.4 is 5.32 Å². The van der Waals surface area contributed by atoms with Crippen LogP contribution >= 0.6 is 0 Å². The van der Waals surface area contributed by atoms with Crippen LogP contribution in [0.3, 0.4) is 0 Å². The summed E-state index contributed by atoms with van der Waals surface area (Å²) in [4.78, 5) is 0. The van der Waals surface area contributed by atoms with Crippen molar-refractivity contribution in [3.8, 4) is 0 Å². The van der Waals surface area contributed by atoms with E-state index < -0.39 is 5.67 Å². The number of likely N-dealkylation sites (N-methyl/N-ethyl adjacent to an activating group) is 1. The Hall–Kier alpha value is -1.35. The van der Waals surface area contributed by atoms with Crippen molar-refractivity contribution in [2.75, 3.05) is 7.05 Å². The minimum Gasteiger partial charge on any atom is -0.464 e. The quantitative estimate of drug-likeness (QED) is 0.875. The molecule has 92 valence electrons. The summed E-state index contributed by atoms with van der Waals surface area (Å²) in [6.07, 6.45) is 2.07. The van der Waals surface area contributed by atoms with Crippen LogP contribution in [0, 0.1) is 0 Å². The monoisotopic (exact) mass is 235 g/mol. The van der Waals surface area contributed by atoms with Crippen LogP contribution in [0.2, 0.25) is 0 Å². The number of rotatable bonds is 4. The molecule has 1 heterocycles. The topological polar surface area (TPSA) is 25.2 Å². The second-order valence-corrected chi connectivity index (χ2v) is 4.40. The van der Waals surface area contributed by atoms with Gasteiger partial charge >= 0.3 is 0 Å². The molecule has 0 saturated carbocycles. The maximum Gasteiger partial charge on any atom is 0.150 e. The molecule has 2 aromatic rings. The fourth-order valence-electron chi connectivity index (χ4n) is 2.21. The third-order valence-electron chi connectivity index (χ3n) is 3.57. The maximum absolute atomic E-state index is 15.0. The number of nitrogens with one attached hydrogen (secondary N) is 1. The molecular weight excluding hydrogens is 217 g/mol. The van der Waals surface area contributed by atoms with Gasteiger partial charge in [0.25, 0.3) is 0 Å². The van der Waals surface area contributed by atoms with Gasteiger partial charge in [0.1, 0.15) is 5.58 Å². The lowest BCUT2D eigenvalue weighted by atomic mass is 9.86. The highest BCUT2D eigenvalue weighted by molar-refractivity contribution is 5.78. The van der Waals surface area contributed by atoms with Crippen molar-refractivity contribution >= 4 is 11.0 Å². The summed E-state index contributed by atoms with van der Waals surface area (Å²) < 4.78 is 20.3. The molecule has 3 heteroatoms. The van der Waals surface area contributed by atoms with Gasteiger partial charge in [-0.25, -0.2) is 4.39 Å². The number of hydrogen-bond acceptors (Lipinski definition) is 2. The Bertz CT molecular complexity index is 508. The minimum absolute atomic E-state index is 0.225. The Morgan fingerprint density at radius 3 is 2.82 bits per heavy atom. The largest absolute Gasteiger partial charge is 0.464 e. The molecule has 1 aromatic carbocycles. The molecule has 0 spiro atoms. The van der Waals surface area contributed by atoms with Crippen LogP contribution in [0.15, 0.2) is 34.9 Å². The highest BCUT2D eigenvalue weighted by atomic mass is 19.1. The summed E-state index contributed by atoms with van der Waals surface area (Å²) in [7, 11) is 1.78. The van der Waals surface area contributed by atoms with Crippen LogP contribution in [0.1, 0.15) is 25.8 Å². The zero-order valence-electron chi connectivity index (χ0n) is 10.5. The molecule has 2 rings (SSSR count). The highest BCUT2D eigenvalue weighted by Crippen LogP contribution is 2.35. The van der Waals surface area contributed by atoms with E-state index in [1.165, 1.54) is 0 Å². The molecule has 0 fully saturated rings. The Balaban J connectivity index is 2.48. The highest BCUT2D eigenvalue weighted by Gasteiger charge is 2.35. The van der Waals surface area contributed by atoms with E-state index in [9.17, 15) is 4.39 Å². The summed E-state index contributed by atoms with van der Waals surface area (Å²) >= 11 is 0. The molecule has 2 unspecified atom stereocenters. The number of furan rings is 1. The van der Waals surface area contributed by atoms with Gasteiger partial charge in [0.2, 0.25) is 0 Å². The number of halogens is 1. The Labute approximate surface area is 101 Å². The lowest BCUT2D eigenvalue weighted by molar-refractivity contribution is 0.111. The standard InChI is InChI=1S/C14H18FNO/c1-4-14(15,10(2)16-3)12-5-6-13-11(9-12)7-8-17-13/h5-10,16H,4H2,1-3H3. The fraction of sp³-hybridized carbons (Fsp3) is 0.429. The van der Waals surface area contributed by atoms with E-state index >= 15 is 0 Å². The van der Waals surface area contributed by atoms with Crippen molar-refractivity contribution in [3.63, 3.8) is 0 Å². The first kappa shape index (κ1) is 12.1. The van der Waals surface area contributed by atoms with Crippen LogP contribution in [-0.2, 0) is 5.67 Å². The molecular formula is C14H18FNO. The van der Waals surface area contributed by atoms with E-state index in [0.29, 0.717) is 12.0 Å². The van der Waals surface area contributed by atoms with Gasteiger partial charge in [-0.3, -0.25) is 0 Å². The SMILES string of the molecule is CCC(F)(c1ccc2occc2c1)C(C)NC. The summed E-state index contributed by atoms with van der Waals surface area (Å²) in [5.41, 5.74) is 0.153. The summed E-state index contributed by atoms with van der Waals surface area (Å²) in [5, 5.41) is 3.94. The van der Waals surface area contributed by atoms with Gasteiger partial charge in [-0.2, -0.15) is 0 Å². The Morgan fingerprint density at radius 2 is 2.18 bits per heavy atom. The molecule has 0 bridgehead atoms. The lowest BCUT2D eigenvalue weighted by Gasteiger charge is -2.30. The van der Waals surface area contributed by atoms with Gasteiger partial charge < -0.3 is 9.73 Å². The Kier molecular flexibility index (Phi) is 3.20. The van der Waals surface area contributed by atoms with E-state index in [1.54, 1.807) is 13.3 Å². The third kappa shape index (κ3) is 1.95. The van der Waals surface area contributed by atoms with Gasteiger partial charge in [0.15, 0.2) is 5.67 Å². The van der Waals surface area contributed by atoms with Gasteiger partial charge in [0.05, 0.1) is 6.26 Å². The molecule has 0 amide bonds. The van der Waals surface area contributed by atoms with Crippen molar-refractivity contribution in [1.29, 1.82) is 0 Å². The normalized spacial score (nSPS) is 16.9. The van der Waals surface area contributed by atoms with Crippen molar-refractivity contribution in [1.82, 2.24) is 5.32 Å². The van der Waals surface area contributed by atoms with Gasteiger partial charge in [0, 0.05) is 11.4 Å². The predicted molar refractivity (Wildman–Crippen MR) is 67.8 cm³/mol. The van der Waals surface area contributed by atoms with Crippen LogP contribution in [-0.4, -0.2) is 13.1 Å². The predicted octanol–water partition coefficient (Wildman–Crippen LogP) is 3.62. The van der Waals surface area contributed by atoms with E-state index in [4.69, 9.17) is 4.42 Å². The van der Waals surface area contributed by atoms with Gasteiger partial charge in [-0.1, -0.05) is 13.0 Å². The van der Waals surface area contributed by atoms with Gasteiger partial charge in [-0.15, -0.1) is 0 Å². The van der Waals surface area contributed by atoms with Crippen LogP contribution in [0.25, 0.3) is 11.0 Å². The summed E-state index contributed by atoms with van der Waals surface area (Å²) in [6.45, 7) is 3.73. The molecule has 0 aliphatic rings. The average molecular weight is 235 g/mol. The number of benzene rings is 1. The first-order valence-electron chi connectivity index (χ1n) is 5.95. The number of alkyl halides is 1. The molecule has 17 heavy (non-hydrogen) atoms. The molecule has 1 aromatic heterocycles. The molecule has 0 saturated heterocycles. The molecule has 0 aliphatic carbocycles. The first-order valence-corrected chi connectivity index (χ1v) is 5.95. The molecule has 1 N–H and O–H groups in total. The zero-order chi connectivity index (χ0) is 12.5. The zero-order valence-corrected chi connectivity index (χ0v) is 10.5. The van der Waals surface area contributed by atoms with Gasteiger partial charge in [-0.05, 0) is 44.2 Å². The molecule has 0 aliphatic heterocycles. The molecule has 2 atom stereocenters. The fourth-order valence-corrected chi connectivity index (χ4v) is 2.21. The molecule has 0 radical (unpaired) electrons. The number of hydrogen-bond donors (Lipinski definition) is 1. The van der Waals surface area contributed by atoms with E-state index in [1.807, 2.05) is 38.1 Å². The lowest BCUT2D eigenvalue weighted by Crippen LogP contribution is -2.41. The average Bonchev–Trinajstić information content (AvgIpc) is 2.83. The Morgan fingerprint density at radius 1 is 1.41 bits per heavy atom. The van der Waals surface area contributed by atoms with E-state index in [-0.39, 0.29) is 6.04 Å². The first-order chi connectivity index (χ1) is 8.11. The van der Waals surface area contributed by atoms with Crippen LogP contribution in [0.5, 0.6) is 0 Å². The molecule has 2 nitrogen and oxygen atoms in total. The van der Waals surface area contributed by atoms with Crippen molar-refractivity contribution in [2.45, 2.75) is 32.0 Å². The summed E-state index contributed by atoms with van der Waals surface area (Å²) in [6, 6.07) is 7.15.